The van der Waals surface area contributed by atoms with Gasteiger partial charge in [0, 0.05) is 12.4 Å². The lowest BCUT2D eigenvalue weighted by Gasteiger charge is -2.11. The van der Waals surface area contributed by atoms with Gasteiger partial charge in [-0.1, -0.05) is 17.8 Å². The Morgan fingerprint density at radius 2 is 2.46 bits per heavy atom. The monoisotopic (exact) mass is 346 g/mol. The molecule has 8 heteroatoms. The lowest BCUT2D eigenvalue weighted by atomic mass is 10.2. The van der Waals surface area contributed by atoms with Gasteiger partial charge in [0.1, 0.15) is 5.75 Å². The minimum atomic E-state index is -0.212. The van der Waals surface area contributed by atoms with Crippen LogP contribution in [0.3, 0.4) is 0 Å². The molecule has 0 aliphatic carbocycles. The Labute approximate surface area is 143 Å². The molecule has 126 valence electrons. The molecule has 1 saturated heterocycles. The quantitative estimate of drug-likeness (QED) is 0.607. The predicted molar refractivity (Wildman–Crippen MR) is 89.2 cm³/mol. The van der Waals surface area contributed by atoms with E-state index in [2.05, 4.69) is 16.3 Å². The van der Waals surface area contributed by atoms with Crippen molar-refractivity contribution in [2.45, 2.75) is 30.6 Å². The lowest BCUT2D eigenvalue weighted by molar-refractivity contribution is 0.0941. The number of aromatic nitrogens is 3. The molecule has 2 aromatic rings. The first kappa shape index (κ1) is 16.6. The predicted octanol–water partition coefficient (Wildman–Crippen LogP) is 1.79. The maximum Gasteiger partial charge on any atom is 0.344 e. The molecule has 3 rings (SSSR count). The molecular formula is C16H18N4O3S. The Bertz CT molecular complexity index is 774. The van der Waals surface area contributed by atoms with Crippen LogP contribution in [0.4, 0.5) is 0 Å². The van der Waals surface area contributed by atoms with E-state index in [4.69, 9.17) is 14.7 Å². The van der Waals surface area contributed by atoms with Crippen molar-refractivity contribution in [1.82, 2.24) is 14.8 Å². The second-order valence-electron chi connectivity index (χ2n) is 5.39. The number of H-pyrrole nitrogens is 1. The number of thioether (sulfide) groups is 1. The van der Waals surface area contributed by atoms with Crippen molar-refractivity contribution in [3.05, 3.63) is 40.3 Å². The summed E-state index contributed by atoms with van der Waals surface area (Å²) in [5.74, 6) is 1.31. The molecule has 24 heavy (non-hydrogen) atoms. The van der Waals surface area contributed by atoms with Crippen LogP contribution < -0.4 is 10.4 Å². The summed E-state index contributed by atoms with van der Waals surface area (Å²) in [5.41, 5.74) is 0.355. The number of hydrogen-bond donors (Lipinski definition) is 1. The van der Waals surface area contributed by atoms with Gasteiger partial charge in [0.05, 0.1) is 30.9 Å². The Hall–Kier alpha value is -2.24. The standard InChI is InChI=1S/C16H18N4O3S/c17-10-12-3-1-4-13(9-12)23-7-8-24-16-19-18-15(21)20(16)11-14-5-2-6-22-14/h1,3-4,9,14H,2,5-8,11H2,(H,18,21). The summed E-state index contributed by atoms with van der Waals surface area (Å²) in [6.45, 7) is 1.75. The van der Waals surface area contributed by atoms with E-state index in [-0.39, 0.29) is 11.8 Å². The SMILES string of the molecule is N#Cc1cccc(OCCSc2n[nH]c(=O)n2CC2CCCO2)c1. The fourth-order valence-corrected chi connectivity index (χ4v) is 3.29. The normalized spacial score (nSPS) is 16.9. The van der Waals surface area contributed by atoms with Crippen LogP contribution in [-0.2, 0) is 11.3 Å². The molecule has 1 N–H and O–H groups in total. The zero-order valence-corrected chi connectivity index (χ0v) is 13.9. The van der Waals surface area contributed by atoms with Gasteiger partial charge < -0.3 is 9.47 Å². The minimum Gasteiger partial charge on any atom is -0.493 e. The number of benzene rings is 1. The molecular weight excluding hydrogens is 328 g/mol. The summed E-state index contributed by atoms with van der Waals surface area (Å²) in [6.07, 6.45) is 2.10. The van der Waals surface area contributed by atoms with E-state index in [9.17, 15) is 4.79 Å². The highest BCUT2D eigenvalue weighted by atomic mass is 32.2. The molecule has 0 bridgehead atoms. The zero-order valence-electron chi connectivity index (χ0n) is 13.1. The molecule has 0 spiro atoms. The molecule has 7 nitrogen and oxygen atoms in total. The summed E-state index contributed by atoms with van der Waals surface area (Å²) in [5, 5.41) is 16.1. The van der Waals surface area contributed by atoms with E-state index in [0.29, 0.717) is 35.4 Å². The van der Waals surface area contributed by atoms with E-state index >= 15 is 0 Å². The average Bonchev–Trinajstić information content (AvgIpc) is 3.24. The largest absolute Gasteiger partial charge is 0.493 e. The van der Waals surface area contributed by atoms with Crippen molar-refractivity contribution >= 4 is 11.8 Å². The molecule has 1 aromatic carbocycles. The number of nitrogens with zero attached hydrogens (tertiary/aromatic N) is 3. The van der Waals surface area contributed by atoms with Crippen molar-refractivity contribution in [3.63, 3.8) is 0 Å². The van der Waals surface area contributed by atoms with Crippen LogP contribution in [-0.4, -0.2) is 39.8 Å². The summed E-state index contributed by atoms with van der Waals surface area (Å²) >= 11 is 1.46. The zero-order chi connectivity index (χ0) is 16.8. The number of hydrogen-bond acceptors (Lipinski definition) is 6. The van der Waals surface area contributed by atoms with Gasteiger partial charge in [0.2, 0.25) is 0 Å². The molecule has 1 fully saturated rings. The minimum absolute atomic E-state index is 0.0876. The van der Waals surface area contributed by atoms with Crippen LogP contribution in [0, 0.1) is 11.3 Å². The van der Waals surface area contributed by atoms with E-state index in [1.165, 1.54) is 11.8 Å². The molecule has 1 atom stereocenters. The van der Waals surface area contributed by atoms with Gasteiger partial charge >= 0.3 is 5.69 Å². The molecule has 1 aliphatic heterocycles. The Morgan fingerprint density at radius 3 is 3.25 bits per heavy atom. The number of rotatable bonds is 7. The van der Waals surface area contributed by atoms with Crippen LogP contribution in [0.1, 0.15) is 18.4 Å². The van der Waals surface area contributed by atoms with Crippen LogP contribution >= 0.6 is 11.8 Å². The summed E-state index contributed by atoms with van der Waals surface area (Å²) in [7, 11) is 0. The van der Waals surface area contributed by atoms with Gasteiger partial charge in [-0.25, -0.2) is 9.89 Å². The summed E-state index contributed by atoms with van der Waals surface area (Å²) in [4.78, 5) is 11.9. The first-order chi connectivity index (χ1) is 11.8. The van der Waals surface area contributed by atoms with Crippen molar-refractivity contribution < 1.29 is 9.47 Å². The van der Waals surface area contributed by atoms with Gasteiger partial charge in [0.15, 0.2) is 5.16 Å². The Balaban J connectivity index is 1.51. The van der Waals surface area contributed by atoms with Crippen LogP contribution in [0.2, 0.25) is 0 Å². The average molecular weight is 346 g/mol. The number of aromatic amines is 1. The summed E-state index contributed by atoms with van der Waals surface area (Å²) < 4.78 is 12.8. The highest BCUT2D eigenvalue weighted by molar-refractivity contribution is 7.99. The van der Waals surface area contributed by atoms with Crippen molar-refractivity contribution in [2.24, 2.45) is 0 Å². The third-order valence-electron chi connectivity index (χ3n) is 3.68. The lowest BCUT2D eigenvalue weighted by Crippen LogP contribution is -2.25. The highest BCUT2D eigenvalue weighted by Crippen LogP contribution is 2.18. The highest BCUT2D eigenvalue weighted by Gasteiger charge is 2.19. The molecule has 0 amide bonds. The van der Waals surface area contributed by atoms with Crippen LogP contribution in [0.25, 0.3) is 0 Å². The first-order valence-corrected chi connectivity index (χ1v) is 8.77. The third kappa shape index (κ3) is 4.19. The Kier molecular flexibility index (Phi) is 5.56. The van der Waals surface area contributed by atoms with Crippen LogP contribution in [0.15, 0.2) is 34.2 Å². The summed E-state index contributed by atoms with van der Waals surface area (Å²) in [6, 6.07) is 9.11. The number of nitrogens with one attached hydrogen (secondary N) is 1. The fraction of sp³-hybridized carbons (Fsp3) is 0.438. The van der Waals surface area contributed by atoms with E-state index < -0.39 is 0 Å². The van der Waals surface area contributed by atoms with Gasteiger partial charge in [-0.15, -0.1) is 5.10 Å². The molecule has 1 aliphatic rings. The molecule has 2 heterocycles. The molecule has 1 unspecified atom stereocenters. The second-order valence-corrected chi connectivity index (χ2v) is 6.46. The maximum absolute atomic E-state index is 11.9. The van der Waals surface area contributed by atoms with Gasteiger partial charge in [0.25, 0.3) is 0 Å². The molecule has 0 saturated carbocycles. The van der Waals surface area contributed by atoms with E-state index in [0.717, 1.165) is 19.4 Å². The van der Waals surface area contributed by atoms with Crippen molar-refractivity contribution in [3.8, 4) is 11.8 Å². The van der Waals surface area contributed by atoms with Crippen LogP contribution in [0.5, 0.6) is 5.75 Å². The number of nitriles is 1. The second kappa shape index (κ2) is 8.04. The van der Waals surface area contributed by atoms with Crippen molar-refractivity contribution in [1.29, 1.82) is 5.26 Å². The first-order valence-electron chi connectivity index (χ1n) is 7.79. The third-order valence-corrected chi connectivity index (χ3v) is 4.62. The van der Waals surface area contributed by atoms with Gasteiger partial charge in [-0.3, -0.25) is 4.57 Å². The molecule has 0 radical (unpaired) electrons. The molecule has 1 aromatic heterocycles. The van der Waals surface area contributed by atoms with Crippen molar-refractivity contribution in [2.75, 3.05) is 19.0 Å². The topological polar surface area (TPSA) is 92.9 Å². The number of ether oxygens (including phenoxy) is 2. The fourth-order valence-electron chi connectivity index (χ4n) is 2.51. The van der Waals surface area contributed by atoms with Gasteiger partial charge in [-0.2, -0.15) is 5.26 Å². The van der Waals surface area contributed by atoms with E-state index in [1.54, 1.807) is 22.8 Å². The Morgan fingerprint density at radius 1 is 1.54 bits per heavy atom. The van der Waals surface area contributed by atoms with E-state index in [1.807, 2.05) is 6.07 Å². The maximum atomic E-state index is 11.9. The smallest absolute Gasteiger partial charge is 0.344 e. The van der Waals surface area contributed by atoms with Gasteiger partial charge in [-0.05, 0) is 31.0 Å².